The molecule has 0 aliphatic rings. The van der Waals surface area contributed by atoms with Crippen molar-refractivity contribution in [1.29, 1.82) is 0 Å². The molecule has 8 heteroatoms. The van der Waals surface area contributed by atoms with Gasteiger partial charge in [0.15, 0.2) is 15.5 Å². The molecule has 0 aliphatic carbocycles. The van der Waals surface area contributed by atoms with Crippen LogP contribution >= 0.6 is 11.6 Å². The molecule has 0 bridgehead atoms. The first-order valence-electron chi connectivity index (χ1n) is 10.5. The van der Waals surface area contributed by atoms with Gasteiger partial charge in [0.25, 0.3) is 0 Å². The van der Waals surface area contributed by atoms with Gasteiger partial charge in [-0.3, -0.25) is 0 Å². The maximum atomic E-state index is 11.9. The molecule has 0 saturated carbocycles. The van der Waals surface area contributed by atoms with E-state index in [9.17, 15) is 18.3 Å². The van der Waals surface area contributed by atoms with Gasteiger partial charge < -0.3 is 9.67 Å². The Kier molecular flexibility index (Phi) is 6.10. The number of hydrogen-bond donors (Lipinski definition) is 1. The predicted octanol–water partition coefficient (Wildman–Crippen LogP) is 5.62. The maximum Gasteiger partial charge on any atom is 0.356 e. The van der Waals surface area contributed by atoms with Gasteiger partial charge in [0, 0.05) is 28.6 Å². The van der Waals surface area contributed by atoms with Gasteiger partial charge in [0.05, 0.1) is 4.90 Å². The molecule has 0 radical (unpaired) electrons. The van der Waals surface area contributed by atoms with Gasteiger partial charge in [0.2, 0.25) is 0 Å². The lowest BCUT2D eigenvalue weighted by molar-refractivity contribution is 0.0690. The summed E-state index contributed by atoms with van der Waals surface area (Å²) in [4.78, 5) is 16.4. The van der Waals surface area contributed by atoms with Crippen molar-refractivity contribution >= 4 is 27.4 Å². The van der Waals surface area contributed by atoms with Crippen LogP contribution in [0, 0.1) is 0 Å². The average Bonchev–Trinajstić information content (AvgIpc) is 3.26. The number of rotatable bonds is 6. The molecule has 0 spiro atoms. The van der Waals surface area contributed by atoms with Crippen molar-refractivity contribution in [2.75, 3.05) is 6.26 Å². The van der Waals surface area contributed by atoms with E-state index in [0.717, 1.165) is 22.4 Å². The van der Waals surface area contributed by atoms with E-state index in [4.69, 9.17) is 11.6 Å². The Morgan fingerprint density at radius 3 is 2.26 bits per heavy atom. The molecule has 1 aromatic heterocycles. The number of halogens is 1. The van der Waals surface area contributed by atoms with Gasteiger partial charge in [-0.1, -0.05) is 54.1 Å². The zero-order valence-electron chi connectivity index (χ0n) is 18.9. The van der Waals surface area contributed by atoms with Gasteiger partial charge in [0.1, 0.15) is 5.82 Å². The molecule has 0 unspecified atom stereocenters. The zero-order valence-corrected chi connectivity index (χ0v) is 20.4. The Balaban J connectivity index is 1.80. The van der Waals surface area contributed by atoms with E-state index in [1.165, 1.54) is 12.5 Å². The minimum absolute atomic E-state index is 0.0694. The molecular formula is C26H23ClN2O4S. The summed E-state index contributed by atoms with van der Waals surface area (Å²) in [5.74, 6) is -0.589. The van der Waals surface area contributed by atoms with Crippen LogP contribution < -0.4 is 0 Å². The lowest BCUT2D eigenvalue weighted by Gasteiger charge is -2.27. The van der Waals surface area contributed by atoms with Crippen LogP contribution in [-0.4, -0.2) is 35.3 Å². The summed E-state index contributed by atoms with van der Waals surface area (Å²) in [6.07, 6.45) is 2.67. The normalized spacial score (nSPS) is 12.0. The summed E-state index contributed by atoms with van der Waals surface area (Å²) in [5, 5.41) is 10.2. The van der Waals surface area contributed by atoms with E-state index < -0.39 is 21.2 Å². The number of carbonyl (C=O) groups is 1. The number of benzene rings is 3. The molecule has 3 aromatic carbocycles. The van der Waals surface area contributed by atoms with Gasteiger partial charge in [-0.05, 0) is 60.9 Å². The summed E-state index contributed by atoms with van der Waals surface area (Å²) in [6.45, 7) is 3.90. The van der Waals surface area contributed by atoms with Crippen LogP contribution in [0.25, 0.3) is 16.8 Å². The molecular weight excluding hydrogens is 472 g/mol. The fraction of sp³-hybridized carbons (Fsp3) is 0.154. The fourth-order valence-corrected chi connectivity index (χ4v) is 4.97. The number of aromatic nitrogens is 2. The number of sulfone groups is 1. The Morgan fingerprint density at radius 1 is 0.971 bits per heavy atom. The van der Waals surface area contributed by atoms with Gasteiger partial charge in [-0.25, -0.2) is 18.2 Å². The quantitative estimate of drug-likeness (QED) is 0.375. The predicted molar refractivity (Wildman–Crippen MR) is 133 cm³/mol. The first-order valence-corrected chi connectivity index (χ1v) is 12.7. The Morgan fingerprint density at radius 2 is 1.65 bits per heavy atom. The molecule has 34 heavy (non-hydrogen) atoms. The van der Waals surface area contributed by atoms with E-state index in [2.05, 4.69) is 4.98 Å². The van der Waals surface area contributed by atoms with Crippen LogP contribution in [0.15, 0.2) is 83.9 Å². The number of nitrogens with zero attached hydrogens (tertiary/aromatic N) is 2. The third kappa shape index (κ3) is 4.49. The monoisotopic (exact) mass is 494 g/mol. The molecule has 0 fully saturated rings. The molecule has 0 saturated heterocycles. The van der Waals surface area contributed by atoms with E-state index in [1.807, 2.05) is 62.4 Å². The van der Waals surface area contributed by atoms with E-state index in [-0.39, 0.29) is 10.6 Å². The molecule has 0 aliphatic heterocycles. The van der Waals surface area contributed by atoms with Crippen molar-refractivity contribution in [2.24, 2.45) is 0 Å². The second kappa shape index (κ2) is 8.74. The number of hydrogen-bond acceptors (Lipinski definition) is 4. The highest BCUT2D eigenvalue weighted by atomic mass is 35.5. The van der Waals surface area contributed by atoms with Crippen molar-refractivity contribution in [3.63, 3.8) is 0 Å². The molecule has 6 nitrogen and oxygen atoms in total. The lowest BCUT2D eigenvalue weighted by Crippen LogP contribution is -2.24. The smallest absolute Gasteiger partial charge is 0.356 e. The van der Waals surface area contributed by atoms with E-state index in [1.54, 1.807) is 28.8 Å². The maximum absolute atomic E-state index is 11.9. The standard InChI is InChI=1S/C26H23ClN2O4S/c1-26(2,21-9-4-5-10-22(21)27)25-28-23(24(30)31)16-29(25)19-13-11-17(12-14-19)18-7-6-8-20(15-18)34(3,32)33/h4-16H,1-3H3,(H,30,31). The van der Waals surface area contributed by atoms with Gasteiger partial charge in [-0.2, -0.15) is 0 Å². The second-order valence-electron chi connectivity index (χ2n) is 8.58. The summed E-state index contributed by atoms with van der Waals surface area (Å²) >= 11 is 6.46. The highest BCUT2D eigenvalue weighted by Crippen LogP contribution is 2.36. The topological polar surface area (TPSA) is 89.3 Å². The van der Waals surface area contributed by atoms with Crippen molar-refractivity contribution in [3.8, 4) is 16.8 Å². The molecule has 1 N–H and O–H groups in total. The largest absolute Gasteiger partial charge is 0.476 e. The third-order valence-electron chi connectivity index (χ3n) is 5.77. The second-order valence-corrected chi connectivity index (χ2v) is 11.0. The fourth-order valence-electron chi connectivity index (χ4n) is 3.93. The molecule has 0 atom stereocenters. The number of aromatic carboxylic acids is 1. The van der Waals surface area contributed by atoms with Crippen molar-refractivity contribution in [2.45, 2.75) is 24.2 Å². The van der Waals surface area contributed by atoms with Crippen LogP contribution in [0.4, 0.5) is 0 Å². The summed E-state index contributed by atoms with van der Waals surface area (Å²) in [5.41, 5.74) is 2.39. The third-order valence-corrected chi connectivity index (χ3v) is 7.21. The number of imidazole rings is 1. The number of carboxylic acids is 1. The Bertz CT molecular complexity index is 1490. The van der Waals surface area contributed by atoms with Crippen LogP contribution in [0.1, 0.15) is 35.7 Å². The van der Waals surface area contributed by atoms with Crippen molar-refractivity contribution < 1.29 is 18.3 Å². The van der Waals surface area contributed by atoms with Crippen molar-refractivity contribution in [1.82, 2.24) is 9.55 Å². The number of carboxylic acid groups (broad SMARTS) is 1. The Labute approximate surface area is 203 Å². The molecule has 4 rings (SSSR count). The molecule has 4 aromatic rings. The van der Waals surface area contributed by atoms with Crippen LogP contribution in [0.3, 0.4) is 0 Å². The van der Waals surface area contributed by atoms with E-state index >= 15 is 0 Å². The van der Waals surface area contributed by atoms with Crippen LogP contribution in [-0.2, 0) is 15.3 Å². The summed E-state index contributed by atoms with van der Waals surface area (Å²) < 4.78 is 25.6. The van der Waals surface area contributed by atoms with Crippen LogP contribution in [0.2, 0.25) is 5.02 Å². The summed E-state index contributed by atoms with van der Waals surface area (Å²) in [7, 11) is -3.32. The van der Waals surface area contributed by atoms with E-state index in [0.29, 0.717) is 10.8 Å². The minimum atomic E-state index is -3.32. The Hall–Kier alpha value is -3.42. The SMILES string of the molecule is CC(C)(c1ccccc1Cl)c1nc(C(=O)O)cn1-c1ccc(-c2cccc(S(C)(=O)=O)c2)cc1. The summed E-state index contributed by atoms with van der Waals surface area (Å²) in [6, 6.07) is 21.6. The minimum Gasteiger partial charge on any atom is -0.476 e. The van der Waals surface area contributed by atoms with Gasteiger partial charge >= 0.3 is 5.97 Å². The van der Waals surface area contributed by atoms with Gasteiger partial charge in [-0.15, -0.1) is 0 Å². The first-order chi connectivity index (χ1) is 16.0. The molecule has 1 heterocycles. The first kappa shape index (κ1) is 23.7. The molecule has 0 amide bonds. The van der Waals surface area contributed by atoms with Crippen molar-refractivity contribution in [3.05, 3.63) is 101 Å². The molecule has 174 valence electrons. The average molecular weight is 495 g/mol. The highest BCUT2D eigenvalue weighted by molar-refractivity contribution is 7.90. The highest BCUT2D eigenvalue weighted by Gasteiger charge is 2.32. The zero-order chi connectivity index (χ0) is 24.7. The van der Waals surface area contributed by atoms with Crippen LogP contribution in [0.5, 0.6) is 0 Å². The lowest BCUT2D eigenvalue weighted by atomic mass is 9.83.